The first-order valence-electron chi connectivity index (χ1n) is 9.96. The highest BCUT2D eigenvalue weighted by molar-refractivity contribution is 6.31. The zero-order valence-corrected chi connectivity index (χ0v) is 18.6. The number of hydrogen-bond donors (Lipinski definition) is 2. The summed E-state index contributed by atoms with van der Waals surface area (Å²) < 4.78 is 1.57. The Bertz CT molecular complexity index is 1410. The van der Waals surface area contributed by atoms with Crippen molar-refractivity contribution < 1.29 is 0 Å². The Kier molecular flexibility index (Phi) is 5.56. The van der Waals surface area contributed by atoms with Crippen LogP contribution in [-0.2, 0) is 12.6 Å². The van der Waals surface area contributed by atoms with Crippen LogP contribution in [0, 0.1) is 11.3 Å². The van der Waals surface area contributed by atoms with Crippen LogP contribution in [0.5, 0.6) is 0 Å². The van der Waals surface area contributed by atoms with E-state index < -0.39 is 5.54 Å². The number of nitriles is 1. The van der Waals surface area contributed by atoms with E-state index in [0.717, 1.165) is 11.1 Å². The van der Waals surface area contributed by atoms with Crippen molar-refractivity contribution in [2.45, 2.75) is 19.4 Å². The van der Waals surface area contributed by atoms with Crippen molar-refractivity contribution in [2.75, 3.05) is 10.6 Å². The van der Waals surface area contributed by atoms with Gasteiger partial charge in [-0.15, -0.1) is 0 Å². The van der Waals surface area contributed by atoms with Gasteiger partial charge in [-0.05, 0) is 38.1 Å². The summed E-state index contributed by atoms with van der Waals surface area (Å²) in [6, 6.07) is 16.8. The van der Waals surface area contributed by atoms with Crippen molar-refractivity contribution in [1.29, 1.82) is 5.26 Å². The molecule has 0 bridgehead atoms. The van der Waals surface area contributed by atoms with Crippen molar-refractivity contribution >= 4 is 39.6 Å². The van der Waals surface area contributed by atoms with Gasteiger partial charge in [0.1, 0.15) is 16.8 Å². The van der Waals surface area contributed by atoms with Gasteiger partial charge in [0.15, 0.2) is 0 Å². The van der Waals surface area contributed by atoms with E-state index in [4.69, 9.17) is 11.6 Å². The summed E-state index contributed by atoms with van der Waals surface area (Å²) in [5, 5.41) is 17.2. The number of pyridine rings is 3. The number of hydrogen-bond acceptors (Lipinski definition) is 6. The van der Waals surface area contributed by atoms with Gasteiger partial charge in [0.25, 0.3) is 5.56 Å². The Balaban J connectivity index is 1.85. The molecule has 0 unspecified atom stereocenters. The molecule has 0 radical (unpaired) electrons. The number of aromatic nitrogens is 3. The monoisotopic (exact) mass is 444 g/mol. The lowest BCUT2D eigenvalue weighted by Gasteiger charge is -2.28. The quantitative estimate of drug-likeness (QED) is 0.423. The molecule has 0 aliphatic carbocycles. The van der Waals surface area contributed by atoms with E-state index in [0.29, 0.717) is 22.6 Å². The zero-order valence-electron chi connectivity index (χ0n) is 17.8. The van der Waals surface area contributed by atoms with Crippen molar-refractivity contribution in [3.05, 3.63) is 87.7 Å². The van der Waals surface area contributed by atoms with Crippen molar-refractivity contribution in [1.82, 2.24) is 14.5 Å². The van der Waals surface area contributed by atoms with Gasteiger partial charge in [-0.1, -0.05) is 29.8 Å². The van der Waals surface area contributed by atoms with Crippen molar-refractivity contribution in [3.63, 3.8) is 0 Å². The maximum atomic E-state index is 12.9. The summed E-state index contributed by atoms with van der Waals surface area (Å²) in [5.41, 5.74) is 2.97. The van der Waals surface area contributed by atoms with E-state index in [1.165, 1.54) is 6.20 Å². The first kappa shape index (κ1) is 21.3. The summed E-state index contributed by atoms with van der Waals surface area (Å²) >= 11 is 6.08. The summed E-state index contributed by atoms with van der Waals surface area (Å²) in [7, 11) is 1.72. The number of nitrogens with one attached hydrogen (secondary N) is 2. The predicted octanol–water partition coefficient (Wildman–Crippen LogP) is 4.94. The number of halogens is 1. The normalized spacial score (nSPS) is 11.2. The Morgan fingerprint density at radius 3 is 2.56 bits per heavy atom. The summed E-state index contributed by atoms with van der Waals surface area (Å²) in [6.45, 7) is 4.03. The van der Waals surface area contributed by atoms with E-state index in [2.05, 4.69) is 26.7 Å². The number of rotatable bonds is 5. The lowest BCUT2D eigenvalue weighted by Crippen LogP contribution is -2.30. The Hall–Kier alpha value is -3.89. The number of anilines is 3. The zero-order chi connectivity index (χ0) is 22.9. The molecule has 0 saturated carbocycles. The number of fused-ring (bicyclic) bond motifs is 1. The van der Waals surface area contributed by atoms with Crippen LogP contribution < -0.4 is 16.2 Å². The minimum Gasteiger partial charge on any atom is -0.374 e. The minimum absolute atomic E-state index is 0.117. The van der Waals surface area contributed by atoms with Crippen molar-refractivity contribution in [3.8, 4) is 6.07 Å². The smallest absolute Gasteiger partial charge is 0.252 e. The van der Waals surface area contributed by atoms with Crippen LogP contribution >= 0.6 is 11.6 Å². The number of nitrogens with zero attached hydrogens (tertiary/aromatic N) is 4. The molecule has 0 fully saturated rings. The second-order valence-corrected chi connectivity index (χ2v) is 8.24. The van der Waals surface area contributed by atoms with Crippen LogP contribution in [-0.4, -0.2) is 14.5 Å². The molecule has 0 atom stereocenters. The number of benzene rings is 1. The molecule has 0 saturated heterocycles. The highest BCUT2D eigenvalue weighted by atomic mass is 35.5. The van der Waals surface area contributed by atoms with Crippen LogP contribution in [0.3, 0.4) is 0 Å². The topological polar surface area (TPSA) is 95.6 Å². The molecule has 160 valence electrons. The highest BCUT2D eigenvalue weighted by Crippen LogP contribution is 2.34. The second-order valence-electron chi connectivity index (χ2n) is 7.88. The second kappa shape index (κ2) is 8.33. The van der Waals surface area contributed by atoms with Crippen LogP contribution in [0.25, 0.3) is 10.9 Å². The van der Waals surface area contributed by atoms with Crippen LogP contribution in [0.1, 0.15) is 25.1 Å². The number of aryl methyl sites for hydroxylation is 1. The summed E-state index contributed by atoms with van der Waals surface area (Å²) in [4.78, 5) is 21.3. The molecule has 3 heterocycles. The number of para-hydroxylation sites is 1. The molecule has 1 aromatic carbocycles. The van der Waals surface area contributed by atoms with E-state index in [9.17, 15) is 10.1 Å². The lowest BCUT2D eigenvalue weighted by atomic mass is 9.98. The fourth-order valence-corrected chi connectivity index (χ4v) is 3.86. The molecule has 0 amide bonds. The van der Waals surface area contributed by atoms with E-state index in [1.54, 1.807) is 29.9 Å². The van der Waals surface area contributed by atoms with E-state index >= 15 is 0 Å². The Labute approximate surface area is 190 Å². The first-order valence-corrected chi connectivity index (χ1v) is 10.3. The molecule has 7 nitrogen and oxygen atoms in total. The summed E-state index contributed by atoms with van der Waals surface area (Å²) in [5.74, 6) is 0. The fraction of sp³-hybridized carbons (Fsp3) is 0.167. The predicted molar refractivity (Wildman–Crippen MR) is 127 cm³/mol. The van der Waals surface area contributed by atoms with Gasteiger partial charge >= 0.3 is 0 Å². The van der Waals surface area contributed by atoms with Gasteiger partial charge in [0.2, 0.25) is 0 Å². The largest absolute Gasteiger partial charge is 0.374 e. The standard InChI is InChI=1S/C24H21ClN6O/c1-24(2,20-9-4-5-11-27-20)30-19-13-21(32)31(3)22-15(19)7-6-8-18(22)29-17-10-12-28-23(25)16(17)14-26/h4-13,30H,1-3H3,(H,28,29). The molecule has 3 aromatic heterocycles. The van der Waals surface area contributed by atoms with Crippen LogP contribution in [0.2, 0.25) is 5.15 Å². The molecular weight excluding hydrogens is 424 g/mol. The molecule has 2 N–H and O–H groups in total. The van der Waals surface area contributed by atoms with Crippen LogP contribution in [0.15, 0.2) is 65.7 Å². The molecule has 32 heavy (non-hydrogen) atoms. The summed E-state index contributed by atoms with van der Waals surface area (Å²) in [6.07, 6.45) is 3.27. The molecular formula is C24H21ClN6O. The molecule has 0 spiro atoms. The Morgan fingerprint density at radius 2 is 1.84 bits per heavy atom. The third-order valence-corrected chi connectivity index (χ3v) is 5.58. The van der Waals surface area contributed by atoms with E-state index in [-0.39, 0.29) is 16.3 Å². The average Bonchev–Trinajstić information content (AvgIpc) is 2.78. The van der Waals surface area contributed by atoms with Gasteiger partial charge < -0.3 is 15.2 Å². The van der Waals surface area contributed by atoms with Gasteiger partial charge in [-0.3, -0.25) is 9.78 Å². The fourth-order valence-electron chi connectivity index (χ4n) is 3.66. The molecule has 4 rings (SSSR count). The Morgan fingerprint density at radius 1 is 1.03 bits per heavy atom. The van der Waals surface area contributed by atoms with Gasteiger partial charge in [0, 0.05) is 36.6 Å². The van der Waals surface area contributed by atoms with Gasteiger partial charge in [-0.25, -0.2) is 4.98 Å². The lowest BCUT2D eigenvalue weighted by molar-refractivity contribution is 0.588. The SMILES string of the molecule is Cn1c(=O)cc(NC(C)(C)c2ccccn2)c2cccc(Nc3ccnc(Cl)c3C#N)c21. The van der Waals surface area contributed by atoms with Crippen LogP contribution in [0.4, 0.5) is 17.1 Å². The molecule has 4 aromatic rings. The highest BCUT2D eigenvalue weighted by Gasteiger charge is 2.23. The maximum Gasteiger partial charge on any atom is 0.252 e. The molecule has 0 aliphatic heterocycles. The van der Waals surface area contributed by atoms with E-state index in [1.807, 2.05) is 50.2 Å². The third-order valence-electron chi connectivity index (χ3n) is 5.30. The average molecular weight is 445 g/mol. The van der Waals surface area contributed by atoms with Gasteiger partial charge in [-0.2, -0.15) is 5.26 Å². The van der Waals surface area contributed by atoms with Crippen molar-refractivity contribution in [2.24, 2.45) is 7.05 Å². The first-order chi connectivity index (χ1) is 15.3. The maximum absolute atomic E-state index is 12.9. The van der Waals surface area contributed by atoms with Gasteiger partial charge in [0.05, 0.1) is 28.1 Å². The molecule has 0 aliphatic rings. The minimum atomic E-state index is -0.517. The molecule has 8 heteroatoms. The third kappa shape index (κ3) is 3.88.